The molecule has 1 fully saturated rings. The highest BCUT2D eigenvalue weighted by Gasteiger charge is 2.38. The van der Waals surface area contributed by atoms with E-state index in [4.69, 9.17) is 11.5 Å². The lowest BCUT2D eigenvalue weighted by Gasteiger charge is -2.33. The molecule has 2 aromatic carbocycles. The van der Waals surface area contributed by atoms with E-state index in [-0.39, 0.29) is 43.5 Å². The predicted octanol–water partition coefficient (Wildman–Crippen LogP) is 3.46. The van der Waals surface area contributed by atoms with E-state index in [0.29, 0.717) is 31.7 Å². The number of benzene rings is 2. The Morgan fingerprint density at radius 1 is 0.722 bits per heavy atom. The maximum atomic E-state index is 14.0. The van der Waals surface area contributed by atoms with E-state index in [1.54, 1.807) is 0 Å². The molecule has 5 unspecified atom stereocenters. The van der Waals surface area contributed by atoms with Crippen LogP contribution < -0.4 is 32.7 Å². The molecule has 3 rings (SSSR count). The summed E-state index contributed by atoms with van der Waals surface area (Å²) in [5, 5.41) is 23.0. The molecule has 9 N–H and O–H groups in total. The fraction of sp³-hybridized carbons (Fsp3) is 0.585. The van der Waals surface area contributed by atoms with Crippen LogP contribution >= 0.6 is 12.4 Å². The minimum absolute atomic E-state index is 0. The number of aliphatic hydroxyl groups is 1. The van der Waals surface area contributed by atoms with Crippen molar-refractivity contribution in [1.82, 2.24) is 21.3 Å². The van der Waals surface area contributed by atoms with Crippen LogP contribution in [0.25, 0.3) is 0 Å². The summed E-state index contributed by atoms with van der Waals surface area (Å²) in [6, 6.07) is 15.0. The van der Waals surface area contributed by atoms with Crippen LogP contribution in [-0.2, 0) is 36.8 Å². The highest BCUT2D eigenvalue weighted by atomic mass is 35.5. The molecule has 0 radical (unpaired) electrons. The number of hydrogen-bond donors (Lipinski definition) is 7. The van der Waals surface area contributed by atoms with E-state index >= 15 is 0 Å². The number of primary amides is 1. The van der Waals surface area contributed by atoms with Gasteiger partial charge in [0.05, 0.1) is 24.1 Å². The lowest BCUT2D eigenvalue weighted by Crippen LogP contribution is -2.61. The summed E-state index contributed by atoms with van der Waals surface area (Å²) in [4.78, 5) is 67.0. The van der Waals surface area contributed by atoms with E-state index in [1.807, 2.05) is 74.5 Å². The van der Waals surface area contributed by atoms with E-state index in [9.17, 15) is 29.1 Å². The average Bonchev–Trinajstić information content (AvgIpc) is 3.11. The Morgan fingerprint density at radius 2 is 1.28 bits per heavy atom. The first-order valence-electron chi connectivity index (χ1n) is 19.2. The third kappa shape index (κ3) is 15.8. The fourth-order valence-electron chi connectivity index (χ4n) is 6.85. The van der Waals surface area contributed by atoms with Crippen molar-refractivity contribution in [2.75, 3.05) is 6.54 Å². The van der Waals surface area contributed by atoms with Gasteiger partial charge >= 0.3 is 0 Å². The number of halogens is 1. The first-order chi connectivity index (χ1) is 25.2. The van der Waals surface area contributed by atoms with Crippen LogP contribution in [-0.4, -0.2) is 71.0 Å². The molecule has 0 heterocycles. The molecule has 5 amide bonds. The monoisotopic (exact) mass is 770 g/mol. The quantitative estimate of drug-likeness (QED) is 0.101. The van der Waals surface area contributed by atoms with Crippen LogP contribution in [0.5, 0.6) is 0 Å². The van der Waals surface area contributed by atoms with Crippen molar-refractivity contribution in [2.45, 2.75) is 128 Å². The molecule has 12 nitrogen and oxygen atoms in total. The van der Waals surface area contributed by atoms with Crippen LogP contribution in [0.2, 0.25) is 0 Å². The summed E-state index contributed by atoms with van der Waals surface area (Å²) in [6.07, 6.45) is 3.69. The molecule has 1 aliphatic rings. The molecule has 0 saturated heterocycles. The van der Waals surface area contributed by atoms with Gasteiger partial charge in [0.2, 0.25) is 29.5 Å². The van der Waals surface area contributed by atoms with Gasteiger partial charge in [-0.15, -0.1) is 12.4 Å². The second kappa shape index (κ2) is 23.0. The lowest BCUT2D eigenvalue weighted by molar-refractivity contribution is -0.135. The van der Waals surface area contributed by atoms with Gasteiger partial charge < -0.3 is 37.8 Å². The van der Waals surface area contributed by atoms with Crippen LogP contribution in [0.15, 0.2) is 60.7 Å². The van der Waals surface area contributed by atoms with Crippen LogP contribution in [0, 0.1) is 17.8 Å². The zero-order chi connectivity index (χ0) is 39.0. The lowest BCUT2D eigenvalue weighted by atomic mass is 9.81. The van der Waals surface area contributed by atoms with Gasteiger partial charge in [0.1, 0.15) is 12.1 Å². The standard InChI is InChI=1S/C41H62N6O6.ClH/c1-27(2)18-21-44-37(50)31(22-28(3)4)25-35(48)32(23-29-14-8-5-9-15-29)45-39(52)34(26-36(42)49)46-38(51)33(24-30-16-10-6-11-17-30)47-40(53)41(43)19-12-7-13-20-41;/h5-6,8-11,14-17,27-28,31-35,48H,7,12-13,18-26,43H2,1-4H3,(H2,42,49)(H,44,50)(H,45,52)(H,46,51)(H,47,53);1H. The minimum atomic E-state index is -1.41. The SMILES string of the molecule is CC(C)CCNC(=O)C(CC(C)C)CC(O)C(Cc1ccccc1)NC(=O)C(CC(N)=O)NC(=O)C(Cc1ccccc1)NC(=O)C1(N)CCCCC1.Cl. The molecule has 13 heteroatoms. The summed E-state index contributed by atoms with van der Waals surface area (Å²) in [7, 11) is 0. The summed E-state index contributed by atoms with van der Waals surface area (Å²) < 4.78 is 0. The number of rotatable bonds is 21. The molecule has 54 heavy (non-hydrogen) atoms. The summed E-state index contributed by atoms with van der Waals surface area (Å²) >= 11 is 0. The maximum absolute atomic E-state index is 14.0. The Balaban J connectivity index is 0.0000101. The zero-order valence-corrected chi connectivity index (χ0v) is 33.2. The molecule has 0 aromatic heterocycles. The smallest absolute Gasteiger partial charge is 0.243 e. The second-order valence-electron chi connectivity index (χ2n) is 15.6. The largest absolute Gasteiger partial charge is 0.391 e. The highest BCUT2D eigenvalue weighted by molar-refractivity contribution is 5.96. The number of amides is 5. The van der Waals surface area contributed by atoms with E-state index in [0.717, 1.165) is 36.8 Å². The van der Waals surface area contributed by atoms with Gasteiger partial charge in [-0.05, 0) is 61.5 Å². The Labute approximate surface area is 327 Å². The van der Waals surface area contributed by atoms with E-state index in [1.165, 1.54) is 0 Å². The van der Waals surface area contributed by atoms with Crippen molar-refractivity contribution in [3.63, 3.8) is 0 Å². The van der Waals surface area contributed by atoms with Gasteiger partial charge in [0.15, 0.2) is 0 Å². The molecular formula is C41H63ClN6O6. The summed E-state index contributed by atoms with van der Waals surface area (Å²) in [5.74, 6) is -2.75. The van der Waals surface area contributed by atoms with Gasteiger partial charge in [0, 0.05) is 18.9 Å². The van der Waals surface area contributed by atoms with Crippen molar-refractivity contribution < 1.29 is 29.1 Å². The summed E-state index contributed by atoms with van der Waals surface area (Å²) in [6.45, 7) is 8.71. The Morgan fingerprint density at radius 3 is 1.81 bits per heavy atom. The van der Waals surface area contributed by atoms with Gasteiger partial charge in [0.25, 0.3) is 0 Å². The van der Waals surface area contributed by atoms with Crippen molar-refractivity contribution in [2.24, 2.45) is 29.2 Å². The number of nitrogens with two attached hydrogens (primary N) is 2. The third-order valence-electron chi connectivity index (χ3n) is 9.90. The zero-order valence-electron chi connectivity index (χ0n) is 32.4. The van der Waals surface area contributed by atoms with Crippen LogP contribution in [0.3, 0.4) is 0 Å². The Hall–Kier alpha value is -4.00. The minimum Gasteiger partial charge on any atom is -0.391 e. The van der Waals surface area contributed by atoms with Crippen molar-refractivity contribution >= 4 is 41.9 Å². The van der Waals surface area contributed by atoms with Crippen LogP contribution in [0.1, 0.15) is 96.6 Å². The van der Waals surface area contributed by atoms with Gasteiger partial charge in [-0.2, -0.15) is 0 Å². The molecule has 1 aliphatic carbocycles. The molecule has 0 aliphatic heterocycles. The number of hydrogen-bond acceptors (Lipinski definition) is 7. The molecule has 5 atom stereocenters. The van der Waals surface area contributed by atoms with Crippen LogP contribution in [0.4, 0.5) is 0 Å². The number of carbonyl (C=O) groups excluding carboxylic acids is 5. The number of carbonyl (C=O) groups is 5. The van der Waals surface area contributed by atoms with Crippen molar-refractivity contribution in [3.05, 3.63) is 71.8 Å². The van der Waals surface area contributed by atoms with E-state index in [2.05, 4.69) is 35.1 Å². The van der Waals surface area contributed by atoms with E-state index < -0.39 is 65.7 Å². The molecule has 1 saturated carbocycles. The first-order valence-corrected chi connectivity index (χ1v) is 19.2. The van der Waals surface area contributed by atoms with Crippen molar-refractivity contribution in [1.29, 1.82) is 0 Å². The third-order valence-corrected chi connectivity index (χ3v) is 9.90. The molecule has 0 bridgehead atoms. The normalized spacial score (nSPS) is 16.5. The molecule has 2 aromatic rings. The van der Waals surface area contributed by atoms with Gasteiger partial charge in [-0.25, -0.2) is 0 Å². The Kier molecular flexibility index (Phi) is 19.7. The Bertz CT molecular complexity index is 1470. The summed E-state index contributed by atoms with van der Waals surface area (Å²) in [5.41, 5.74) is 12.6. The first kappa shape index (κ1) is 46.2. The van der Waals surface area contributed by atoms with Gasteiger partial charge in [-0.1, -0.05) is 108 Å². The topological polar surface area (TPSA) is 206 Å². The maximum Gasteiger partial charge on any atom is 0.243 e. The molecular weight excluding hydrogens is 708 g/mol. The second-order valence-corrected chi connectivity index (χ2v) is 15.6. The molecule has 0 spiro atoms. The fourth-order valence-corrected chi connectivity index (χ4v) is 6.85. The molecule has 300 valence electrons. The number of nitrogens with one attached hydrogen (secondary N) is 4. The van der Waals surface area contributed by atoms with Gasteiger partial charge in [-0.3, -0.25) is 24.0 Å². The average molecular weight is 771 g/mol. The number of aliphatic hydroxyl groups excluding tert-OH is 1. The highest BCUT2D eigenvalue weighted by Crippen LogP contribution is 2.26. The predicted molar refractivity (Wildman–Crippen MR) is 213 cm³/mol. The van der Waals surface area contributed by atoms with Crippen molar-refractivity contribution in [3.8, 4) is 0 Å².